The Bertz CT molecular complexity index is 213. The summed E-state index contributed by atoms with van der Waals surface area (Å²) >= 11 is 0. The predicted molar refractivity (Wildman–Crippen MR) is 61.2 cm³/mol. The third kappa shape index (κ3) is 5.06. The summed E-state index contributed by atoms with van der Waals surface area (Å²) in [6.45, 7) is 2.26. The minimum atomic E-state index is 1.18. The topological polar surface area (TPSA) is 0 Å². The van der Waals surface area contributed by atoms with E-state index in [0.29, 0.717) is 0 Å². The average Bonchev–Trinajstić information content (AvgIpc) is 2.25. The summed E-state index contributed by atoms with van der Waals surface area (Å²) in [5, 5.41) is 0. The predicted octanol–water partition coefficient (Wildman–Crippen LogP) is 4.19. The van der Waals surface area contributed by atoms with Crippen LogP contribution < -0.4 is 0 Å². The van der Waals surface area contributed by atoms with E-state index in [1.807, 2.05) is 12.1 Å². The average molecular weight is 188 g/mol. The Balaban J connectivity index is 1.99. The van der Waals surface area contributed by atoms with Crippen LogP contribution in [0.1, 0.15) is 51.0 Å². The molecule has 1 aromatic rings. The van der Waals surface area contributed by atoms with Crippen molar-refractivity contribution in [3.8, 4) is 0 Å². The van der Waals surface area contributed by atoms with Crippen molar-refractivity contribution in [3.05, 3.63) is 35.9 Å². The summed E-state index contributed by atoms with van der Waals surface area (Å²) in [7, 11) is 0. The Morgan fingerprint density at radius 2 is 1.86 bits per heavy atom. The summed E-state index contributed by atoms with van der Waals surface area (Å²) in [6.07, 6.45) is 9.39. The van der Waals surface area contributed by atoms with Crippen molar-refractivity contribution in [2.24, 2.45) is 0 Å². The van der Waals surface area contributed by atoms with Crippen molar-refractivity contribution in [3.63, 3.8) is 0 Å². The first-order valence-electron chi connectivity index (χ1n) is 5.80. The smallest absolute Gasteiger partial charge is 0.0143 e. The van der Waals surface area contributed by atoms with Gasteiger partial charge in [0, 0.05) is 0 Å². The SMILES string of the molecule is CCCCCCCCc1[c]c[c]cc1. The molecule has 1 rings (SSSR count). The summed E-state index contributed by atoms with van der Waals surface area (Å²) < 4.78 is 0. The molecule has 0 heteroatoms. The van der Waals surface area contributed by atoms with Gasteiger partial charge in [0.05, 0.1) is 0 Å². The molecule has 2 radical (unpaired) electrons. The number of rotatable bonds is 7. The van der Waals surface area contributed by atoms with Crippen molar-refractivity contribution in [1.29, 1.82) is 0 Å². The molecule has 0 heterocycles. The van der Waals surface area contributed by atoms with Gasteiger partial charge in [-0.1, -0.05) is 51.2 Å². The van der Waals surface area contributed by atoms with Gasteiger partial charge in [0.1, 0.15) is 0 Å². The standard InChI is InChI=1S/C14H20/c1-2-3-4-5-6-8-11-14-12-9-7-10-13-14/h9-10,12H,2-6,8,11H2,1H3. The molecule has 0 unspecified atom stereocenters. The second-order valence-corrected chi connectivity index (χ2v) is 3.83. The molecular weight excluding hydrogens is 168 g/mol. The number of hydrogen-bond donors (Lipinski definition) is 0. The number of aryl methyl sites for hydroxylation is 1. The molecule has 0 nitrogen and oxygen atoms in total. The van der Waals surface area contributed by atoms with Gasteiger partial charge in [-0.25, -0.2) is 0 Å². The van der Waals surface area contributed by atoms with Crippen LogP contribution in [0.25, 0.3) is 0 Å². The fourth-order valence-electron chi connectivity index (χ4n) is 1.63. The Hall–Kier alpha value is -0.780. The van der Waals surface area contributed by atoms with Crippen LogP contribution in [0.15, 0.2) is 18.2 Å². The fraction of sp³-hybridized carbons (Fsp3) is 0.571. The maximum absolute atomic E-state index is 3.21. The van der Waals surface area contributed by atoms with Crippen molar-refractivity contribution in [2.75, 3.05) is 0 Å². The van der Waals surface area contributed by atoms with Gasteiger partial charge in [-0.05, 0) is 36.6 Å². The Morgan fingerprint density at radius 3 is 2.57 bits per heavy atom. The van der Waals surface area contributed by atoms with E-state index in [1.54, 1.807) is 0 Å². The molecule has 0 aromatic heterocycles. The van der Waals surface area contributed by atoms with Crippen LogP contribution in [0, 0.1) is 12.1 Å². The van der Waals surface area contributed by atoms with Crippen molar-refractivity contribution >= 4 is 0 Å². The minimum absolute atomic E-state index is 1.18. The zero-order valence-electron chi connectivity index (χ0n) is 9.18. The van der Waals surface area contributed by atoms with E-state index >= 15 is 0 Å². The van der Waals surface area contributed by atoms with Gasteiger partial charge in [-0.3, -0.25) is 0 Å². The molecular formula is C14H20. The molecule has 0 N–H and O–H groups in total. The zero-order valence-corrected chi connectivity index (χ0v) is 9.18. The number of benzene rings is 1. The molecule has 0 aliphatic carbocycles. The van der Waals surface area contributed by atoms with Crippen LogP contribution in [0.4, 0.5) is 0 Å². The molecule has 1 aromatic carbocycles. The van der Waals surface area contributed by atoms with Crippen molar-refractivity contribution in [1.82, 2.24) is 0 Å². The number of hydrogen-bond acceptors (Lipinski definition) is 0. The van der Waals surface area contributed by atoms with E-state index in [9.17, 15) is 0 Å². The molecule has 0 saturated heterocycles. The lowest BCUT2D eigenvalue weighted by molar-refractivity contribution is 0.607. The highest BCUT2D eigenvalue weighted by Crippen LogP contribution is 2.08. The van der Waals surface area contributed by atoms with E-state index in [0.717, 1.165) is 0 Å². The highest BCUT2D eigenvalue weighted by Gasteiger charge is 1.92. The van der Waals surface area contributed by atoms with E-state index in [4.69, 9.17) is 0 Å². The number of unbranched alkanes of at least 4 members (excludes halogenated alkanes) is 5. The zero-order chi connectivity index (χ0) is 10.1. The quantitative estimate of drug-likeness (QED) is 0.563. The molecule has 0 aliphatic heterocycles. The second kappa shape index (κ2) is 7.61. The van der Waals surface area contributed by atoms with E-state index < -0.39 is 0 Å². The first kappa shape index (κ1) is 11.3. The van der Waals surface area contributed by atoms with Gasteiger partial charge in [0.15, 0.2) is 0 Å². The van der Waals surface area contributed by atoms with Crippen molar-refractivity contribution in [2.45, 2.75) is 51.9 Å². The highest BCUT2D eigenvalue weighted by molar-refractivity contribution is 5.11. The van der Waals surface area contributed by atoms with Gasteiger partial charge in [0.2, 0.25) is 0 Å². The Labute approximate surface area is 88.4 Å². The monoisotopic (exact) mass is 188 g/mol. The van der Waals surface area contributed by atoms with Crippen LogP contribution in [-0.2, 0) is 6.42 Å². The molecule has 0 fully saturated rings. The van der Waals surface area contributed by atoms with Gasteiger partial charge < -0.3 is 0 Å². The lowest BCUT2D eigenvalue weighted by Gasteiger charge is -2.00. The van der Waals surface area contributed by atoms with Crippen LogP contribution in [0.2, 0.25) is 0 Å². The minimum Gasteiger partial charge on any atom is -0.0654 e. The molecule has 76 valence electrons. The third-order valence-electron chi connectivity index (χ3n) is 2.52. The summed E-state index contributed by atoms with van der Waals surface area (Å²) in [6, 6.07) is 12.2. The Morgan fingerprint density at radius 1 is 1.07 bits per heavy atom. The largest absolute Gasteiger partial charge is 0.0654 e. The molecule has 14 heavy (non-hydrogen) atoms. The molecule has 0 saturated carbocycles. The molecule has 0 aliphatic rings. The summed E-state index contributed by atoms with van der Waals surface area (Å²) in [5.74, 6) is 0. The fourth-order valence-corrected chi connectivity index (χ4v) is 1.63. The highest BCUT2D eigenvalue weighted by atomic mass is 14.0. The van der Waals surface area contributed by atoms with Gasteiger partial charge in [0.25, 0.3) is 0 Å². The lowest BCUT2D eigenvalue weighted by Crippen LogP contribution is -1.85. The van der Waals surface area contributed by atoms with E-state index in [2.05, 4.69) is 25.1 Å². The van der Waals surface area contributed by atoms with Gasteiger partial charge in [-0.15, -0.1) is 0 Å². The van der Waals surface area contributed by atoms with Crippen molar-refractivity contribution < 1.29 is 0 Å². The molecule has 0 amide bonds. The molecule has 0 atom stereocenters. The summed E-state index contributed by atoms with van der Waals surface area (Å²) in [4.78, 5) is 0. The van der Waals surface area contributed by atoms with Crippen LogP contribution in [0.5, 0.6) is 0 Å². The second-order valence-electron chi connectivity index (χ2n) is 3.83. The van der Waals surface area contributed by atoms with Gasteiger partial charge >= 0.3 is 0 Å². The maximum Gasteiger partial charge on any atom is -0.0143 e. The lowest BCUT2D eigenvalue weighted by atomic mass is 10.1. The van der Waals surface area contributed by atoms with Crippen LogP contribution >= 0.6 is 0 Å². The van der Waals surface area contributed by atoms with E-state index in [-0.39, 0.29) is 0 Å². The van der Waals surface area contributed by atoms with E-state index in [1.165, 1.54) is 50.5 Å². The Kier molecular flexibility index (Phi) is 6.14. The first-order valence-corrected chi connectivity index (χ1v) is 5.80. The van der Waals surface area contributed by atoms with Crippen LogP contribution in [0.3, 0.4) is 0 Å². The van der Waals surface area contributed by atoms with Gasteiger partial charge in [-0.2, -0.15) is 0 Å². The normalized spacial score (nSPS) is 10.4. The molecule has 0 bridgehead atoms. The maximum atomic E-state index is 3.21. The third-order valence-corrected chi connectivity index (χ3v) is 2.52. The summed E-state index contributed by atoms with van der Waals surface area (Å²) in [5.41, 5.74) is 1.33. The first-order chi connectivity index (χ1) is 6.93. The molecule has 0 spiro atoms. The van der Waals surface area contributed by atoms with Crippen LogP contribution in [-0.4, -0.2) is 0 Å².